The van der Waals surface area contributed by atoms with Crippen molar-refractivity contribution < 1.29 is 42.1 Å². The molecule has 352 valence electrons. The third-order valence-electron chi connectivity index (χ3n) is 10.7. The van der Waals surface area contributed by atoms with Gasteiger partial charge in [0.1, 0.15) is 19.8 Å². The minimum Gasteiger partial charge on any atom is -0.462 e. The molecule has 0 radical (unpaired) electrons. The quantitative estimate of drug-likeness (QED) is 0.0212. The Bertz CT molecular complexity index is 1120. The van der Waals surface area contributed by atoms with E-state index in [4.69, 9.17) is 18.5 Å². The van der Waals surface area contributed by atoms with Crippen LogP contribution >= 0.6 is 7.82 Å². The maximum atomic E-state index is 12.7. The van der Waals surface area contributed by atoms with Crippen molar-refractivity contribution in [2.24, 2.45) is 0 Å². The van der Waals surface area contributed by atoms with Crippen LogP contribution in [0.15, 0.2) is 36.5 Å². The lowest BCUT2D eigenvalue weighted by Crippen LogP contribution is -2.37. The number of allylic oxidation sites excluding steroid dienone is 6. The summed E-state index contributed by atoms with van der Waals surface area (Å²) in [6, 6.07) is 0. The molecule has 0 heterocycles. The van der Waals surface area contributed by atoms with E-state index in [0.29, 0.717) is 17.4 Å². The fourth-order valence-electron chi connectivity index (χ4n) is 6.79. The van der Waals surface area contributed by atoms with Crippen molar-refractivity contribution in [2.75, 3.05) is 47.5 Å². The SMILES string of the molecule is CCCCCCC/C=C\C/C=C\C/C=C\CCCCCCCCCCCCCCCCCCC(=O)OC(COC(=O)CCCCCCC)COP(=O)(O)OCC[N+](C)(C)C. The summed E-state index contributed by atoms with van der Waals surface area (Å²) in [6.07, 6.45) is 49.8. The average molecular weight is 869 g/mol. The van der Waals surface area contributed by atoms with Gasteiger partial charge in [0, 0.05) is 12.8 Å². The van der Waals surface area contributed by atoms with E-state index in [-0.39, 0.29) is 32.0 Å². The van der Waals surface area contributed by atoms with Gasteiger partial charge in [0.25, 0.3) is 0 Å². The van der Waals surface area contributed by atoms with Crippen LogP contribution in [-0.2, 0) is 32.7 Å². The molecule has 0 aliphatic rings. The molecule has 0 fully saturated rings. The molecular weight excluding hydrogens is 774 g/mol. The number of likely N-dealkylation sites (N-methyl/N-ethyl adjacent to an activating group) is 1. The summed E-state index contributed by atoms with van der Waals surface area (Å²) < 4.78 is 34.1. The first-order chi connectivity index (χ1) is 29.0. The zero-order valence-corrected chi connectivity index (χ0v) is 40.6. The van der Waals surface area contributed by atoms with Crippen molar-refractivity contribution in [2.45, 2.75) is 225 Å². The number of phosphoric ester groups is 1. The first kappa shape index (κ1) is 58.2. The molecule has 0 aliphatic heterocycles. The van der Waals surface area contributed by atoms with Gasteiger partial charge in [-0.15, -0.1) is 0 Å². The van der Waals surface area contributed by atoms with E-state index in [1.165, 1.54) is 128 Å². The first-order valence-corrected chi connectivity index (χ1v) is 26.2. The van der Waals surface area contributed by atoms with E-state index in [0.717, 1.165) is 57.8 Å². The summed E-state index contributed by atoms with van der Waals surface area (Å²) in [4.78, 5) is 35.1. The number of ether oxygens (including phenoxy) is 2. The zero-order valence-electron chi connectivity index (χ0n) is 39.7. The summed E-state index contributed by atoms with van der Waals surface area (Å²) in [5.41, 5.74) is 0. The maximum absolute atomic E-state index is 12.7. The molecule has 0 aromatic carbocycles. The summed E-state index contributed by atoms with van der Waals surface area (Å²) in [5, 5.41) is 0. The zero-order chi connectivity index (χ0) is 44.3. The lowest BCUT2D eigenvalue weighted by atomic mass is 10.0. The largest absolute Gasteiger partial charge is 0.472 e. The molecule has 9 nitrogen and oxygen atoms in total. The van der Waals surface area contributed by atoms with Gasteiger partial charge in [-0.2, -0.15) is 0 Å². The van der Waals surface area contributed by atoms with Gasteiger partial charge >= 0.3 is 19.8 Å². The van der Waals surface area contributed by atoms with Gasteiger partial charge in [0.15, 0.2) is 6.10 Å². The van der Waals surface area contributed by atoms with E-state index in [9.17, 15) is 19.0 Å². The van der Waals surface area contributed by atoms with Crippen molar-refractivity contribution in [3.63, 3.8) is 0 Å². The van der Waals surface area contributed by atoms with E-state index in [2.05, 4.69) is 50.3 Å². The summed E-state index contributed by atoms with van der Waals surface area (Å²) in [7, 11) is 1.48. The lowest BCUT2D eigenvalue weighted by molar-refractivity contribution is -0.870. The van der Waals surface area contributed by atoms with E-state index in [1.54, 1.807) is 0 Å². The van der Waals surface area contributed by atoms with Crippen LogP contribution in [0.4, 0.5) is 0 Å². The van der Waals surface area contributed by atoms with E-state index in [1.807, 2.05) is 21.1 Å². The molecule has 0 aromatic heterocycles. The number of carbonyl (C=O) groups excluding carboxylic acids is 2. The Hall–Kier alpha value is -1.77. The third-order valence-corrected chi connectivity index (χ3v) is 11.7. The van der Waals surface area contributed by atoms with Crippen molar-refractivity contribution in [1.29, 1.82) is 0 Å². The third kappa shape index (κ3) is 45.7. The number of esters is 2. The number of nitrogens with zero attached hydrogens (tertiary/aromatic N) is 1. The smallest absolute Gasteiger partial charge is 0.462 e. The highest BCUT2D eigenvalue weighted by atomic mass is 31.2. The Kier molecular flexibility index (Phi) is 41.3. The molecule has 2 atom stereocenters. The molecule has 10 heteroatoms. The van der Waals surface area contributed by atoms with Crippen molar-refractivity contribution in [3.05, 3.63) is 36.5 Å². The summed E-state index contributed by atoms with van der Waals surface area (Å²) in [6.45, 7) is 4.33. The van der Waals surface area contributed by atoms with Gasteiger partial charge in [0.2, 0.25) is 0 Å². The minimum absolute atomic E-state index is 0.0329. The molecule has 1 N–H and O–H groups in total. The Morgan fingerprint density at radius 2 is 0.900 bits per heavy atom. The normalized spacial score (nSPS) is 13.8. The number of hydrogen-bond donors (Lipinski definition) is 1. The average Bonchev–Trinajstić information content (AvgIpc) is 3.20. The van der Waals surface area contributed by atoms with Crippen LogP contribution < -0.4 is 0 Å². The fraction of sp³-hybridized carbons (Fsp3) is 0.840. The number of rotatable bonds is 45. The Balaban J connectivity index is 3.91. The number of unbranched alkanes of at least 4 members (excludes halogenated alkanes) is 25. The molecule has 0 rings (SSSR count). The van der Waals surface area contributed by atoms with E-state index < -0.39 is 26.5 Å². The molecule has 0 amide bonds. The predicted octanol–water partition coefficient (Wildman–Crippen LogP) is 14.5. The molecule has 0 saturated carbocycles. The molecule has 60 heavy (non-hydrogen) atoms. The number of phosphoric acid groups is 1. The number of hydrogen-bond acceptors (Lipinski definition) is 7. The molecule has 2 unspecified atom stereocenters. The highest BCUT2D eigenvalue weighted by molar-refractivity contribution is 7.47. The van der Waals surface area contributed by atoms with Crippen LogP contribution in [0.3, 0.4) is 0 Å². The minimum atomic E-state index is -4.36. The summed E-state index contributed by atoms with van der Waals surface area (Å²) in [5.74, 6) is -0.807. The molecular formula is C50H95NO8P+. The Labute approximate surface area is 370 Å². The fourth-order valence-corrected chi connectivity index (χ4v) is 7.53. The Morgan fingerprint density at radius 1 is 0.517 bits per heavy atom. The van der Waals surface area contributed by atoms with Crippen LogP contribution in [0.2, 0.25) is 0 Å². The molecule has 0 saturated heterocycles. The van der Waals surface area contributed by atoms with Crippen LogP contribution in [-0.4, -0.2) is 74.9 Å². The van der Waals surface area contributed by atoms with Gasteiger partial charge in [0.05, 0.1) is 27.7 Å². The van der Waals surface area contributed by atoms with Gasteiger partial charge in [-0.1, -0.05) is 192 Å². The second kappa shape index (κ2) is 42.5. The molecule has 0 aliphatic carbocycles. The van der Waals surface area contributed by atoms with Crippen molar-refractivity contribution >= 4 is 19.8 Å². The topological polar surface area (TPSA) is 108 Å². The number of carbonyl (C=O) groups is 2. The first-order valence-electron chi connectivity index (χ1n) is 24.7. The molecule has 0 spiro atoms. The lowest BCUT2D eigenvalue weighted by Gasteiger charge is -2.24. The van der Waals surface area contributed by atoms with Crippen LogP contribution in [0, 0.1) is 0 Å². The number of quaternary nitrogens is 1. The van der Waals surface area contributed by atoms with Gasteiger partial charge in [-0.25, -0.2) is 4.57 Å². The molecule has 0 aromatic rings. The van der Waals surface area contributed by atoms with Crippen LogP contribution in [0.25, 0.3) is 0 Å². The van der Waals surface area contributed by atoms with Gasteiger partial charge in [-0.05, 0) is 51.4 Å². The van der Waals surface area contributed by atoms with Crippen LogP contribution in [0.5, 0.6) is 0 Å². The van der Waals surface area contributed by atoms with Gasteiger partial charge in [-0.3, -0.25) is 18.6 Å². The highest BCUT2D eigenvalue weighted by Crippen LogP contribution is 2.43. The predicted molar refractivity (Wildman–Crippen MR) is 252 cm³/mol. The molecule has 0 bridgehead atoms. The standard InChI is InChI=1S/C50H94NO8P/c1-6-8-10-12-13-14-15-16-17-18-19-20-21-22-23-24-25-26-27-28-29-30-31-32-33-34-35-36-37-39-41-43-50(53)59-48(46-56-49(52)42-40-38-11-9-7-2)47-58-60(54,55)57-45-44-51(3,4)5/h15-16,18-19,21-22,48H,6-14,17,20,23-47H2,1-5H3/p+1/b16-15-,19-18-,22-21-. The van der Waals surface area contributed by atoms with Crippen molar-refractivity contribution in [3.8, 4) is 0 Å². The summed E-state index contributed by atoms with van der Waals surface area (Å²) >= 11 is 0. The van der Waals surface area contributed by atoms with Gasteiger partial charge < -0.3 is 18.9 Å². The second-order valence-corrected chi connectivity index (χ2v) is 19.3. The Morgan fingerprint density at radius 3 is 1.33 bits per heavy atom. The van der Waals surface area contributed by atoms with Crippen LogP contribution in [0.1, 0.15) is 219 Å². The monoisotopic (exact) mass is 869 g/mol. The maximum Gasteiger partial charge on any atom is 0.472 e. The highest BCUT2D eigenvalue weighted by Gasteiger charge is 2.27. The van der Waals surface area contributed by atoms with Crippen molar-refractivity contribution in [1.82, 2.24) is 0 Å². The van der Waals surface area contributed by atoms with E-state index >= 15 is 0 Å². The second-order valence-electron chi connectivity index (χ2n) is 17.9.